The monoisotopic (exact) mass is 174 g/mol. The predicted molar refractivity (Wildman–Crippen MR) is 59.9 cm³/mol. The average molecular weight is 174 g/mol. The van der Waals surface area contributed by atoms with Crippen LogP contribution in [0.3, 0.4) is 0 Å². The maximum atomic E-state index is 2.26. The van der Waals surface area contributed by atoms with Gasteiger partial charge >= 0.3 is 0 Å². The van der Waals surface area contributed by atoms with Crippen molar-refractivity contribution in [1.29, 1.82) is 0 Å². The predicted octanol–water partition coefficient (Wildman–Crippen LogP) is 4.23. The first-order valence-corrected chi connectivity index (χ1v) is 4.84. The lowest BCUT2D eigenvalue weighted by Crippen LogP contribution is -1.87. The summed E-state index contributed by atoms with van der Waals surface area (Å²) in [6.07, 6.45) is 2.21. The van der Waals surface area contributed by atoms with Crippen LogP contribution >= 0.6 is 0 Å². The van der Waals surface area contributed by atoms with Crippen molar-refractivity contribution in [1.82, 2.24) is 0 Å². The summed E-state index contributed by atoms with van der Waals surface area (Å²) in [5, 5.41) is 0. The molecule has 0 aliphatic heterocycles. The molecule has 0 aromatic heterocycles. The van der Waals surface area contributed by atoms with Crippen LogP contribution in [-0.4, -0.2) is 0 Å². The number of rotatable bonds is 2. The van der Waals surface area contributed by atoms with Crippen molar-refractivity contribution in [2.75, 3.05) is 0 Å². The molecule has 70 valence electrons. The summed E-state index contributed by atoms with van der Waals surface area (Å²) in [6.45, 7) is 8.70. The average Bonchev–Trinajstić information content (AvgIpc) is 2.03. The molecule has 0 saturated carbocycles. The second-order valence-corrected chi connectivity index (χ2v) is 4.05. The Morgan fingerprint density at radius 1 is 1.23 bits per heavy atom. The van der Waals surface area contributed by atoms with Crippen molar-refractivity contribution in [3.63, 3.8) is 0 Å². The fraction of sp³-hybridized carbons (Fsp3) is 0.385. The Morgan fingerprint density at radius 3 is 2.46 bits per heavy atom. The van der Waals surface area contributed by atoms with Gasteiger partial charge in [0, 0.05) is 0 Å². The van der Waals surface area contributed by atoms with Crippen LogP contribution in [0.2, 0.25) is 0 Å². The van der Waals surface area contributed by atoms with Gasteiger partial charge < -0.3 is 0 Å². The van der Waals surface area contributed by atoms with E-state index in [1.807, 2.05) is 0 Å². The van der Waals surface area contributed by atoms with E-state index < -0.39 is 0 Å². The van der Waals surface area contributed by atoms with Gasteiger partial charge in [0.15, 0.2) is 0 Å². The summed E-state index contributed by atoms with van der Waals surface area (Å²) in [7, 11) is 0. The van der Waals surface area contributed by atoms with Gasteiger partial charge in [-0.2, -0.15) is 0 Å². The molecule has 0 radical (unpaired) electrons. The second-order valence-electron chi connectivity index (χ2n) is 4.05. The number of hydrogen-bond donors (Lipinski definition) is 0. The van der Waals surface area contributed by atoms with Crippen molar-refractivity contribution >= 4 is 6.08 Å². The summed E-state index contributed by atoms with van der Waals surface area (Å²) in [5.74, 6) is 0.616. The molecule has 0 nitrogen and oxygen atoms in total. The quantitative estimate of drug-likeness (QED) is 0.629. The lowest BCUT2D eigenvalue weighted by Gasteiger charge is -2.05. The molecular weight excluding hydrogens is 156 g/mol. The Balaban J connectivity index is 2.99. The van der Waals surface area contributed by atoms with Crippen LogP contribution < -0.4 is 0 Å². The minimum absolute atomic E-state index is 0.616. The highest BCUT2D eigenvalue weighted by molar-refractivity contribution is 5.53. The van der Waals surface area contributed by atoms with Crippen LogP contribution in [0.25, 0.3) is 6.08 Å². The molecule has 13 heavy (non-hydrogen) atoms. The molecule has 0 atom stereocenters. The minimum atomic E-state index is 0.616. The van der Waals surface area contributed by atoms with E-state index in [4.69, 9.17) is 0 Å². The summed E-state index contributed by atoms with van der Waals surface area (Å²) in [4.78, 5) is 0. The molecule has 1 rings (SSSR count). The van der Waals surface area contributed by atoms with E-state index in [9.17, 15) is 0 Å². The van der Waals surface area contributed by atoms with E-state index in [1.54, 1.807) is 0 Å². The molecule has 0 amide bonds. The molecule has 1 aromatic rings. The van der Waals surface area contributed by atoms with E-state index >= 15 is 0 Å². The largest absolute Gasteiger partial charge is 0.0758 e. The van der Waals surface area contributed by atoms with Crippen LogP contribution in [0.15, 0.2) is 29.8 Å². The molecule has 0 aliphatic rings. The second kappa shape index (κ2) is 4.27. The van der Waals surface area contributed by atoms with Gasteiger partial charge in [-0.1, -0.05) is 49.8 Å². The van der Waals surface area contributed by atoms with E-state index in [0.717, 1.165) is 0 Å². The fourth-order valence-electron chi connectivity index (χ4n) is 1.34. The molecule has 0 heteroatoms. The highest BCUT2D eigenvalue weighted by Crippen LogP contribution is 2.16. The molecule has 0 saturated heterocycles. The van der Waals surface area contributed by atoms with Gasteiger partial charge in [-0.25, -0.2) is 0 Å². The number of benzene rings is 1. The van der Waals surface area contributed by atoms with Crippen LogP contribution in [0, 0.1) is 0 Å². The highest BCUT2D eigenvalue weighted by atomic mass is 14.0. The summed E-state index contributed by atoms with van der Waals surface area (Å²) in [6, 6.07) is 8.73. The molecule has 0 heterocycles. The van der Waals surface area contributed by atoms with E-state index in [-0.39, 0.29) is 0 Å². The van der Waals surface area contributed by atoms with Gasteiger partial charge in [-0.15, -0.1) is 0 Å². The van der Waals surface area contributed by atoms with Crippen molar-refractivity contribution in [3.05, 3.63) is 41.0 Å². The highest BCUT2D eigenvalue weighted by Gasteiger charge is 1.97. The third-order valence-electron chi connectivity index (χ3n) is 2.03. The Bertz CT molecular complexity index is 302. The van der Waals surface area contributed by atoms with Gasteiger partial charge in [-0.3, -0.25) is 0 Å². The van der Waals surface area contributed by atoms with Gasteiger partial charge in [0.1, 0.15) is 0 Å². The molecular formula is C13H18. The summed E-state index contributed by atoms with van der Waals surface area (Å²) in [5.41, 5.74) is 4.07. The number of hydrogen-bond acceptors (Lipinski definition) is 0. The van der Waals surface area contributed by atoms with Gasteiger partial charge in [0.25, 0.3) is 0 Å². The summed E-state index contributed by atoms with van der Waals surface area (Å²) < 4.78 is 0. The molecule has 0 bridgehead atoms. The van der Waals surface area contributed by atoms with Gasteiger partial charge in [0.05, 0.1) is 0 Å². The zero-order valence-electron chi connectivity index (χ0n) is 8.96. The zero-order valence-corrected chi connectivity index (χ0v) is 8.96. The maximum Gasteiger partial charge on any atom is -0.0219 e. The molecule has 0 aliphatic carbocycles. The number of allylic oxidation sites excluding steroid dienone is 1. The minimum Gasteiger partial charge on any atom is -0.0758 e. The fourth-order valence-corrected chi connectivity index (χ4v) is 1.34. The van der Waals surface area contributed by atoms with E-state index in [0.29, 0.717) is 5.92 Å². The first-order chi connectivity index (χ1) is 6.09. The third kappa shape index (κ3) is 3.06. The normalized spacial score (nSPS) is 10.2. The Hall–Kier alpha value is -1.04. The molecule has 0 unspecified atom stereocenters. The SMILES string of the molecule is CC(C)=Cc1cccc(C(C)C)c1. The van der Waals surface area contributed by atoms with Crippen LogP contribution in [-0.2, 0) is 0 Å². The summed E-state index contributed by atoms with van der Waals surface area (Å²) >= 11 is 0. The van der Waals surface area contributed by atoms with Crippen molar-refractivity contribution in [3.8, 4) is 0 Å². The maximum absolute atomic E-state index is 2.26. The van der Waals surface area contributed by atoms with E-state index in [1.165, 1.54) is 16.7 Å². The topological polar surface area (TPSA) is 0 Å². The third-order valence-corrected chi connectivity index (χ3v) is 2.03. The Kier molecular flexibility index (Phi) is 3.30. The molecule has 0 N–H and O–H groups in total. The van der Waals surface area contributed by atoms with Gasteiger partial charge in [0.2, 0.25) is 0 Å². The van der Waals surface area contributed by atoms with Crippen LogP contribution in [0.4, 0.5) is 0 Å². The zero-order chi connectivity index (χ0) is 9.84. The van der Waals surface area contributed by atoms with E-state index in [2.05, 4.69) is 58.0 Å². The molecule has 0 fully saturated rings. The Morgan fingerprint density at radius 2 is 1.92 bits per heavy atom. The first-order valence-electron chi connectivity index (χ1n) is 4.84. The first kappa shape index (κ1) is 10.0. The van der Waals surface area contributed by atoms with Crippen LogP contribution in [0.1, 0.15) is 44.7 Å². The smallest absolute Gasteiger partial charge is 0.0219 e. The lowest BCUT2D eigenvalue weighted by molar-refractivity contribution is 0.866. The van der Waals surface area contributed by atoms with Crippen molar-refractivity contribution in [2.45, 2.75) is 33.6 Å². The van der Waals surface area contributed by atoms with Crippen molar-refractivity contribution < 1.29 is 0 Å². The standard InChI is InChI=1S/C13H18/c1-10(2)8-12-6-5-7-13(9-12)11(3)4/h5-9,11H,1-4H3. The molecule has 0 spiro atoms. The van der Waals surface area contributed by atoms with Crippen molar-refractivity contribution in [2.24, 2.45) is 0 Å². The van der Waals surface area contributed by atoms with Crippen LogP contribution in [0.5, 0.6) is 0 Å². The molecule has 1 aromatic carbocycles. The lowest BCUT2D eigenvalue weighted by atomic mass is 10.0. The Labute approximate surface area is 81.3 Å². The van der Waals surface area contributed by atoms with Gasteiger partial charge in [-0.05, 0) is 30.9 Å².